The van der Waals surface area contributed by atoms with Gasteiger partial charge in [-0.05, 0) is 49.3 Å². The first-order valence-corrected chi connectivity index (χ1v) is 9.77. The van der Waals surface area contributed by atoms with Gasteiger partial charge in [-0.25, -0.2) is 4.79 Å². The average molecular weight is 414 g/mol. The van der Waals surface area contributed by atoms with Crippen LogP contribution in [0.15, 0.2) is 24.5 Å². The number of aromatic nitrogens is 1. The minimum atomic E-state index is -5.08. The molecule has 0 radical (unpaired) electrons. The van der Waals surface area contributed by atoms with Crippen molar-refractivity contribution in [2.75, 3.05) is 19.7 Å². The summed E-state index contributed by atoms with van der Waals surface area (Å²) in [6, 6.07) is 4.00. The molecule has 1 N–H and O–H groups in total. The zero-order valence-electron chi connectivity index (χ0n) is 16.0. The van der Waals surface area contributed by atoms with Gasteiger partial charge in [-0.3, -0.25) is 9.78 Å². The Labute approximate surface area is 167 Å². The Morgan fingerprint density at radius 3 is 2.48 bits per heavy atom. The highest BCUT2D eigenvalue weighted by molar-refractivity contribution is 5.81. The van der Waals surface area contributed by atoms with Crippen molar-refractivity contribution in [3.05, 3.63) is 30.1 Å². The van der Waals surface area contributed by atoms with Gasteiger partial charge >= 0.3 is 12.1 Å². The van der Waals surface area contributed by atoms with Crippen LogP contribution in [0, 0.1) is 17.3 Å². The minimum Gasteiger partial charge on any atom is -0.475 e. The molecule has 0 unspecified atom stereocenters. The van der Waals surface area contributed by atoms with E-state index in [1.807, 2.05) is 12.1 Å². The molecule has 9 heteroatoms. The van der Waals surface area contributed by atoms with Gasteiger partial charge in [-0.1, -0.05) is 6.42 Å². The smallest absolute Gasteiger partial charge is 0.475 e. The molecule has 2 heterocycles. The number of likely N-dealkylation sites (tertiary alicyclic amines) is 1. The van der Waals surface area contributed by atoms with Gasteiger partial charge in [-0.2, -0.15) is 13.2 Å². The number of ether oxygens (including phenoxy) is 1. The highest BCUT2D eigenvalue weighted by Gasteiger charge is 2.52. The molecule has 4 rings (SSSR count). The van der Waals surface area contributed by atoms with Crippen LogP contribution in [0.25, 0.3) is 0 Å². The van der Waals surface area contributed by atoms with Gasteiger partial charge in [-0.15, -0.1) is 0 Å². The maximum atomic E-state index is 12.4. The highest BCUT2D eigenvalue weighted by Crippen LogP contribution is 2.50. The lowest BCUT2D eigenvalue weighted by Gasteiger charge is -2.28. The SMILES string of the molecule is O=C(C1CC1)N1C[C@H]2CCC[C@@]2(COCc2ccncc2)C1.O=C(O)C(F)(F)F. The number of carbonyl (C=O) groups excluding carboxylic acids is 1. The maximum Gasteiger partial charge on any atom is 0.490 e. The largest absolute Gasteiger partial charge is 0.490 e. The number of carboxylic acid groups (broad SMARTS) is 1. The van der Waals surface area contributed by atoms with Crippen LogP contribution in [0.4, 0.5) is 13.2 Å². The van der Waals surface area contributed by atoms with Crippen molar-refractivity contribution >= 4 is 11.9 Å². The number of hydrogen-bond donors (Lipinski definition) is 1. The predicted molar refractivity (Wildman–Crippen MR) is 96.7 cm³/mol. The number of fused-ring (bicyclic) bond motifs is 1. The molecule has 1 amide bonds. The van der Waals surface area contributed by atoms with E-state index in [-0.39, 0.29) is 5.41 Å². The Balaban J connectivity index is 0.000000298. The van der Waals surface area contributed by atoms with Gasteiger partial charge in [0.1, 0.15) is 0 Å². The summed E-state index contributed by atoms with van der Waals surface area (Å²) < 4.78 is 37.8. The number of amides is 1. The van der Waals surface area contributed by atoms with E-state index in [9.17, 15) is 18.0 Å². The van der Waals surface area contributed by atoms with Crippen LogP contribution in [-0.4, -0.2) is 52.7 Å². The van der Waals surface area contributed by atoms with Gasteiger partial charge < -0.3 is 14.7 Å². The summed E-state index contributed by atoms with van der Waals surface area (Å²) in [5.41, 5.74) is 1.39. The predicted octanol–water partition coefficient (Wildman–Crippen LogP) is 3.27. The van der Waals surface area contributed by atoms with Crippen LogP contribution in [-0.2, 0) is 20.9 Å². The molecule has 6 nitrogen and oxygen atoms in total. The van der Waals surface area contributed by atoms with Crippen LogP contribution >= 0.6 is 0 Å². The lowest BCUT2D eigenvalue weighted by atomic mass is 9.81. The number of carboxylic acids is 1. The third-order valence-electron chi connectivity index (χ3n) is 5.93. The minimum absolute atomic E-state index is 0.220. The topological polar surface area (TPSA) is 79.7 Å². The van der Waals surface area contributed by atoms with E-state index < -0.39 is 12.1 Å². The summed E-state index contributed by atoms with van der Waals surface area (Å²) in [6.07, 6.45) is 4.49. The average Bonchev–Trinajstić information content (AvgIpc) is 3.35. The number of nitrogens with zero attached hydrogens (tertiary/aromatic N) is 2. The van der Waals surface area contributed by atoms with Crippen LogP contribution in [0.1, 0.15) is 37.7 Å². The first-order valence-electron chi connectivity index (χ1n) is 9.77. The van der Waals surface area contributed by atoms with Crippen molar-refractivity contribution < 1.29 is 32.6 Å². The van der Waals surface area contributed by atoms with Crippen molar-refractivity contribution in [2.45, 2.75) is 44.9 Å². The molecule has 1 aliphatic heterocycles. The molecule has 2 atom stereocenters. The van der Waals surface area contributed by atoms with Crippen molar-refractivity contribution in [3.8, 4) is 0 Å². The van der Waals surface area contributed by atoms with E-state index >= 15 is 0 Å². The van der Waals surface area contributed by atoms with Crippen molar-refractivity contribution in [1.82, 2.24) is 9.88 Å². The second-order valence-corrected chi connectivity index (χ2v) is 8.10. The van der Waals surface area contributed by atoms with E-state index in [0.717, 1.165) is 32.5 Å². The zero-order chi connectivity index (χ0) is 21.1. The number of carbonyl (C=O) groups is 2. The van der Waals surface area contributed by atoms with Crippen molar-refractivity contribution in [3.63, 3.8) is 0 Å². The quantitative estimate of drug-likeness (QED) is 0.800. The highest BCUT2D eigenvalue weighted by atomic mass is 19.4. The van der Waals surface area contributed by atoms with E-state index in [0.29, 0.717) is 24.3 Å². The van der Waals surface area contributed by atoms with Gasteiger partial charge in [0.25, 0.3) is 0 Å². The maximum absolute atomic E-state index is 12.4. The van der Waals surface area contributed by atoms with E-state index in [2.05, 4.69) is 9.88 Å². The zero-order valence-corrected chi connectivity index (χ0v) is 16.0. The Bertz CT molecular complexity index is 724. The van der Waals surface area contributed by atoms with E-state index in [1.165, 1.54) is 24.8 Å². The number of halogens is 3. The van der Waals surface area contributed by atoms with E-state index in [1.54, 1.807) is 12.4 Å². The van der Waals surface area contributed by atoms with Gasteiger partial charge in [0.2, 0.25) is 5.91 Å². The number of hydrogen-bond acceptors (Lipinski definition) is 4. The Morgan fingerprint density at radius 2 is 1.90 bits per heavy atom. The lowest BCUT2D eigenvalue weighted by molar-refractivity contribution is -0.192. The normalized spacial score (nSPS) is 25.9. The molecule has 160 valence electrons. The van der Waals surface area contributed by atoms with Crippen LogP contribution in [0.3, 0.4) is 0 Å². The molecule has 3 fully saturated rings. The fourth-order valence-corrected chi connectivity index (χ4v) is 4.26. The summed E-state index contributed by atoms with van der Waals surface area (Å²) in [4.78, 5) is 27.4. The number of aliphatic carboxylic acids is 1. The van der Waals surface area contributed by atoms with Gasteiger partial charge in [0.05, 0.1) is 13.2 Å². The molecular weight excluding hydrogens is 389 g/mol. The monoisotopic (exact) mass is 414 g/mol. The lowest BCUT2D eigenvalue weighted by Crippen LogP contribution is -2.35. The molecule has 1 aromatic rings. The molecule has 2 aliphatic carbocycles. The molecule has 1 aromatic heterocycles. The van der Waals surface area contributed by atoms with Crippen LogP contribution in [0.2, 0.25) is 0 Å². The first-order chi connectivity index (χ1) is 13.7. The third-order valence-corrected chi connectivity index (χ3v) is 5.93. The second-order valence-electron chi connectivity index (χ2n) is 8.10. The fraction of sp³-hybridized carbons (Fsp3) is 0.650. The second kappa shape index (κ2) is 8.69. The number of pyridine rings is 1. The first kappa shape index (κ1) is 21.5. The van der Waals surface area contributed by atoms with E-state index in [4.69, 9.17) is 14.6 Å². The molecular formula is C20H25F3N2O4. The van der Waals surface area contributed by atoms with Crippen molar-refractivity contribution in [1.29, 1.82) is 0 Å². The standard InChI is InChI=1S/C18H24N2O2.C2HF3O2/c21-17(15-3-4-15)20-10-16-2-1-7-18(16,12-20)13-22-11-14-5-8-19-9-6-14;3-2(4,5)1(6)7/h5-6,8-9,15-16H,1-4,7,10-13H2;(H,6,7)/t16-,18+;/m1./s1. The summed E-state index contributed by atoms with van der Waals surface area (Å²) in [5, 5.41) is 7.12. The van der Waals surface area contributed by atoms with Gasteiger partial charge in [0, 0.05) is 36.8 Å². The number of rotatable bonds is 5. The Morgan fingerprint density at radius 1 is 1.24 bits per heavy atom. The molecule has 3 aliphatic rings. The number of alkyl halides is 3. The third kappa shape index (κ3) is 5.46. The van der Waals surface area contributed by atoms with Gasteiger partial charge in [0.15, 0.2) is 0 Å². The van der Waals surface area contributed by atoms with Crippen LogP contribution < -0.4 is 0 Å². The van der Waals surface area contributed by atoms with Crippen LogP contribution in [0.5, 0.6) is 0 Å². The molecule has 1 saturated heterocycles. The summed E-state index contributed by atoms with van der Waals surface area (Å²) in [5.74, 6) is -1.36. The molecule has 29 heavy (non-hydrogen) atoms. The molecule has 0 aromatic carbocycles. The Hall–Kier alpha value is -2.16. The molecule has 0 spiro atoms. The summed E-state index contributed by atoms with van der Waals surface area (Å²) >= 11 is 0. The summed E-state index contributed by atoms with van der Waals surface area (Å²) in [7, 11) is 0. The van der Waals surface area contributed by atoms with Crippen molar-refractivity contribution in [2.24, 2.45) is 17.3 Å². The fourth-order valence-electron chi connectivity index (χ4n) is 4.26. The summed E-state index contributed by atoms with van der Waals surface area (Å²) in [6.45, 7) is 3.32. The molecule has 0 bridgehead atoms. The molecule has 2 saturated carbocycles. The Kier molecular flexibility index (Phi) is 6.45.